The quantitative estimate of drug-likeness (QED) is 0.447. The van der Waals surface area contributed by atoms with Crippen LogP contribution in [0, 0.1) is 5.82 Å². The Balaban J connectivity index is 1.65. The zero-order valence-electron chi connectivity index (χ0n) is 14.1. The molecule has 134 valence electrons. The first-order valence-electron chi connectivity index (χ1n) is 8.31. The molecule has 0 saturated carbocycles. The summed E-state index contributed by atoms with van der Waals surface area (Å²) in [4.78, 5) is 12.5. The molecule has 0 fully saturated rings. The van der Waals surface area contributed by atoms with E-state index < -0.39 is 5.82 Å². The van der Waals surface area contributed by atoms with Crippen molar-refractivity contribution in [2.24, 2.45) is 0 Å². The fourth-order valence-electron chi connectivity index (χ4n) is 2.80. The van der Waals surface area contributed by atoms with Gasteiger partial charge in [-0.25, -0.2) is 4.39 Å². The van der Waals surface area contributed by atoms with Gasteiger partial charge in [-0.1, -0.05) is 48.0 Å². The molecule has 0 bridgehead atoms. The lowest BCUT2D eigenvalue weighted by Crippen LogP contribution is -2.03. The van der Waals surface area contributed by atoms with Gasteiger partial charge in [0.1, 0.15) is 29.5 Å². The molecule has 4 aromatic rings. The van der Waals surface area contributed by atoms with Gasteiger partial charge in [0.25, 0.3) is 0 Å². The van der Waals surface area contributed by atoms with Crippen molar-refractivity contribution in [1.82, 2.24) is 0 Å². The van der Waals surface area contributed by atoms with Crippen LogP contribution in [-0.2, 0) is 6.61 Å². The van der Waals surface area contributed by atoms with E-state index in [0.29, 0.717) is 27.5 Å². The van der Waals surface area contributed by atoms with Crippen LogP contribution in [0.4, 0.5) is 4.39 Å². The molecule has 4 rings (SSSR count). The van der Waals surface area contributed by atoms with Gasteiger partial charge in [0.15, 0.2) is 5.43 Å². The maximum atomic E-state index is 13.8. The summed E-state index contributed by atoms with van der Waals surface area (Å²) in [5.41, 5.74) is 1.37. The average Bonchev–Trinajstić information content (AvgIpc) is 2.68. The van der Waals surface area contributed by atoms with Crippen molar-refractivity contribution in [3.8, 4) is 17.1 Å². The van der Waals surface area contributed by atoms with Crippen LogP contribution < -0.4 is 10.2 Å². The summed E-state index contributed by atoms with van der Waals surface area (Å²) in [5.74, 6) is 0.497. The molecule has 5 heteroatoms. The van der Waals surface area contributed by atoms with Crippen molar-refractivity contribution in [1.29, 1.82) is 0 Å². The minimum absolute atomic E-state index is 0.0373. The highest BCUT2D eigenvalue weighted by molar-refractivity contribution is 6.31. The van der Waals surface area contributed by atoms with E-state index in [-0.39, 0.29) is 17.6 Å². The number of rotatable bonds is 4. The van der Waals surface area contributed by atoms with Crippen LogP contribution in [0.3, 0.4) is 0 Å². The maximum Gasteiger partial charge on any atom is 0.193 e. The maximum absolute atomic E-state index is 13.8. The molecule has 3 aromatic carbocycles. The number of hydrogen-bond acceptors (Lipinski definition) is 3. The number of ether oxygens (including phenoxy) is 1. The third-order valence-electron chi connectivity index (χ3n) is 4.20. The molecule has 0 aliphatic carbocycles. The third-order valence-corrected chi connectivity index (χ3v) is 4.56. The van der Waals surface area contributed by atoms with Crippen LogP contribution in [0.25, 0.3) is 22.3 Å². The van der Waals surface area contributed by atoms with E-state index in [1.54, 1.807) is 24.3 Å². The minimum Gasteiger partial charge on any atom is -0.489 e. The molecule has 1 heterocycles. The van der Waals surface area contributed by atoms with E-state index in [0.717, 1.165) is 5.56 Å². The first kappa shape index (κ1) is 17.3. The normalized spacial score (nSPS) is 10.9. The second-order valence-electron chi connectivity index (χ2n) is 5.99. The van der Waals surface area contributed by atoms with Gasteiger partial charge in [-0.05, 0) is 30.3 Å². The van der Waals surface area contributed by atoms with Gasteiger partial charge < -0.3 is 9.15 Å². The Morgan fingerprint density at radius 1 is 0.963 bits per heavy atom. The minimum atomic E-state index is -0.435. The van der Waals surface area contributed by atoms with E-state index in [1.165, 1.54) is 18.2 Å². The first-order valence-corrected chi connectivity index (χ1v) is 8.68. The molecule has 0 aliphatic heterocycles. The summed E-state index contributed by atoms with van der Waals surface area (Å²) in [6.45, 7) is -0.0373. The monoisotopic (exact) mass is 380 g/mol. The molecule has 0 N–H and O–H groups in total. The summed E-state index contributed by atoms with van der Waals surface area (Å²) < 4.78 is 25.3. The number of hydrogen-bond donors (Lipinski definition) is 0. The number of halogens is 2. The smallest absolute Gasteiger partial charge is 0.193 e. The topological polar surface area (TPSA) is 39.4 Å². The first-order chi connectivity index (χ1) is 13.1. The van der Waals surface area contributed by atoms with E-state index in [2.05, 4.69) is 0 Å². The Kier molecular flexibility index (Phi) is 4.65. The highest BCUT2D eigenvalue weighted by atomic mass is 35.5. The van der Waals surface area contributed by atoms with Gasteiger partial charge in [-0.15, -0.1) is 0 Å². The molecule has 0 spiro atoms. The summed E-state index contributed by atoms with van der Waals surface area (Å²) in [6.07, 6.45) is 0. The van der Waals surface area contributed by atoms with Crippen molar-refractivity contribution in [2.75, 3.05) is 0 Å². The average molecular weight is 381 g/mol. The van der Waals surface area contributed by atoms with E-state index in [1.807, 2.05) is 30.3 Å². The van der Waals surface area contributed by atoms with Crippen molar-refractivity contribution >= 4 is 22.6 Å². The Labute approximate surface area is 159 Å². The molecule has 0 aliphatic rings. The summed E-state index contributed by atoms with van der Waals surface area (Å²) in [7, 11) is 0. The predicted molar refractivity (Wildman–Crippen MR) is 104 cm³/mol. The summed E-state index contributed by atoms with van der Waals surface area (Å²) in [5, 5.41) is 0.689. The summed E-state index contributed by atoms with van der Waals surface area (Å²) >= 11 is 6.01. The van der Waals surface area contributed by atoms with Gasteiger partial charge in [-0.2, -0.15) is 0 Å². The van der Waals surface area contributed by atoms with Gasteiger partial charge in [-0.3, -0.25) is 4.79 Å². The molecule has 3 nitrogen and oxygen atoms in total. The molecular weight excluding hydrogens is 367 g/mol. The van der Waals surface area contributed by atoms with Crippen LogP contribution in [0.1, 0.15) is 5.56 Å². The highest BCUT2D eigenvalue weighted by Crippen LogP contribution is 2.26. The fourth-order valence-corrected chi connectivity index (χ4v) is 3.01. The van der Waals surface area contributed by atoms with Crippen molar-refractivity contribution in [2.45, 2.75) is 6.61 Å². The van der Waals surface area contributed by atoms with E-state index >= 15 is 0 Å². The van der Waals surface area contributed by atoms with Crippen molar-refractivity contribution < 1.29 is 13.5 Å². The van der Waals surface area contributed by atoms with Gasteiger partial charge in [0.05, 0.1) is 10.4 Å². The Bertz CT molecular complexity index is 1150. The lowest BCUT2D eigenvalue weighted by Gasteiger charge is -2.10. The van der Waals surface area contributed by atoms with Crippen molar-refractivity contribution in [3.05, 3.63) is 99.4 Å². The summed E-state index contributed by atoms with van der Waals surface area (Å²) in [6, 6.07) is 20.2. The Hall–Kier alpha value is -3.11. The SMILES string of the molecule is O=c1cc(-c2ccccc2)oc2ccc(OCc3c(F)cccc3Cl)cc12. The van der Waals surface area contributed by atoms with Crippen LogP contribution >= 0.6 is 11.6 Å². The zero-order chi connectivity index (χ0) is 18.8. The fraction of sp³-hybridized carbons (Fsp3) is 0.0455. The highest BCUT2D eigenvalue weighted by Gasteiger charge is 2.10. The molecule has 27 heavy (non-hydrogen) atoms. The second kappa shape index (κ2) is 7.25. The molecule has 1 aromatic heterocycles. The lowest BCUT2D eigenvalue weighted by atomic mass is 10.1. The van der Waals surface area contributed by atoms with Gasteiger partial charge in [0.2, 0.25) is 0 Å². The van der Waals surface area contributed by atoms with Crippen molar-refractivity contribution in [3.63, 3.8) is 0 Å². The molecule has 0 atom stereocenters. The van der Waals surface area contributed by atoms with Gasteiger partial charge in [0, 0.05) is 17.2 Å². The Morgan fingerprint density at radius 3 is 2.56 bits per heavy atom. The third kappa shape index (κ3) is 3.57. The lowest BCUT2D eigenvalue weighted by molar-refractivity contribution is 0.300. The van der Waals surface area contributed by atoms with Crippen LogP contribution in [0.2, 0.25) is 5.02 Å². The largest absolute Gasteiger partial charge is 0.489 e. The molecular formula is C22H14ClFO3. The number of benzene rings is 3. The zero-order valence-corrected chi connectivity index (χ0v) is 14.9. The van der Waals surface area contributed by atoms with Crippen LogP contribution in [0.5, 0.6) is 5.75 Å². The van der Waals surface area contributed by atoms with Crippen LogP contribution in [-0.4, -0.2) is 0 Å². The van der Waals surface area contributed by atoms with Crippen LogP contribution in [0.15, 0.2) is 82.0 Å². The van der Waals surface area contributed by atoms with E-state index in [4.69, 9.17) is 20.8 Å². The second-order valence-corrected chi connectivity index (χ2v) is 6.39. The van der Waals surface area contributed by atoms with E-state index in [9.17, 15) is 9.18 Å². The standard InChI is InChI=1S/C22H14ClFO3/c23-18-7-4-8-19(24)17(18)13-26-15-9-10-21-16(11-15)20(25)12-22(27-21)14-5-2-1-3-6-14/h1-12H,13H2. The number of fused-ring (bicyclic) bond motifs is 1. The molecule has 0 radical (unpaired) electrons. The molecule has 0 amide bonds. The molecule has 0 saturated heterocycles. The predicted octanol–water partition coefficient (Wildman–Crippen LogP) is 5.83. The van der Waals surface area contributed by atoms with Gasteiger partial charge >= 0.3 is 0 Å². The Morgan fingerprint density at radius 2 is 1.78 bits per heavy atom. The molecule has 0 unspecified atom stereocenters.